The van der Waals surface area contributed by atoms with Gasteiger partial charge in [-0.25, -0.2) is 54.3 Å². The number of fused-ring (bicyclic) bond motifs is 4. The Balaban J connectivity index is 0.560. The quantitative estimate of drug-likeness (QED) is 0.0141. The highest BCUT2D eigenvalue weighted by Crippen LogP contribution is 2.57. The Hall–Kier alpha value is -7.56. The highest BCUT2D eigenvalue weighted by Gasteiger charge is 2.50. The average molecular weight is 2330 g/mol. The predicted octanol–water partition coefficient (Wildman–Crippen LogP) is -2.56. The zero-order valence-corrected chi connectivity index (χ0v) is 89.0. The summed E-state index contributed by atoms with van der Waals surface area (Å²) in [5.74, 6) is -0.788. The molecule has 0 aromatic carbocycles. The molecule has 11 aromatic rings. The van der Waals surface area contributed by atoms with E-state index in [0.717, 1.165) is 33.5 Å². The van der Waals surface area contributed by atoms with Gasteiger partial charge in [0.1, 0.15) is 156 Å². The first-order valence-corrected chi connectivity index (χ1v) is 62.1. The van der Waals surface area contributed by atoms with Crippen LogP contribution in [0.15, 0.2) is 85.3 Å². The van der Waals surface area contributed by atoms with E-state index < -0.39 is 269 Å². The number of rotatable bonds is 41. The first-order valence-electron chi connectivity index (χ1n) is 44.2. The minimum absolute atomic E-state index is 0.00564. The van der Waals surface area contributed by atoms with Crippen LogP contribution in [0.1, 0.15) is 119 Å². The maximum atomic E-state index is 15.1. The largest absolute Gasteiger partial charge is 0.780 e. The summed E-state index contributed by atoms with van der Waals surface area (Å²) in [7, 11) is 1.06. The molecule has 7 aliphatic rings. The Morgan fingerprint density at radius 2 is 0.642 bits per heavy atom. The second-order valence-electron chi connectivity index (χ2n) is 34.3. The molecule has 11 aromatic heterocycles. The van der Waals surface area contributed by atoms with Crippen LogP contribution in [0.3, 0.4) is 0 Å². The van der Waals surface area contributed by atoms with Gasteiger partial charge >= 0.3 is 17.1 Å². The van der Waals surface area contributed by atoms with Gasteiger partial charge in [-0.2, -0.15) is 19.9 Å². The Kier molecular flexibility index (Phi) is 32.8. The van der Waals surface area contributed by atoms with Crippen LogP contribution in [-0.4, -0.2) is 239 Å². The summed E-state index contributed by atoms with van der Waals surface area (Å²) in [6.07, 6.45) is -18.5. The predicted molar refractivity (Wildman–Crippen MR) is 523 cm³/mol. The topological polar surface area (TPSA) is 844 Å². The SMILES string of the molecule is CC[C@H]1O[C@@H](n2cnc3c(=O)[nH]c(N)nc32)CC1OP([O-])(=S)OC[C@H]1O[C@@H](n2cc(C)c(N)nc2=O)CC1OP(=O)([S-])OC[C@H]1O[C@@H](n2cc(C)c(N)nc2=O)CC1OP([O-])(=S)OC[C@H]1O[C@@H](n2cnc3c(N)ncnc32)CC1OP([O-])(=S)OC[C@H]1O[C@@H](n2cnc3c(=O)[nH]c(N)nc32)CC1OP([O-])(=S)OC[C@H]1O[C@@H](n2cc(C)c(=O)[nH]c2=O)CC1OP([O-])(=S)OC[C@H]1O[C@@H](n2cnc3c(N)ncnc32)CC1OP([O-])(=S)OC. The molecule has 0 saturated carbocycles. The van der Waals surface area contributed by atoms with Gasteiger partial charge < -0.3 is 173 Å². The summed E-state index contributed by atoms with van der Waals surface area (Å²) in [6, 6.07) is 0. The van der Waals surface area contributed by atoms with Gasteiger partial charge in [-0.1, -0.05) is 77.8 Å². The Bertz CT molecular complexity index is 7670. The van der Waals surface area contributed by atoms with Crippen LogP contribution in [-0.2, 0) is 184 Å². The molecule has 0 bridgehead atoms. The van der Waals surface area contributed by atoms with E-state index in [1.54, 1.807) is 13.8 Å². The second kappa shape index (κ2) is 44.0. The van der Waals surface area contributed by atoms with E-state index in [2.05, 4.69) is 74.8 Å². The lowest BCUT2D eigenvalue weighted by molar-refractivity contribution is -0.221. The van der Waals surface area contributed by atoms with E-state index in [4.69, 9.17) is 214 Å². The molecule has 7 fully saturated rings. The van der Waals surface area contributed by atoms with Crippen LogP contribution in [0.2, 0.25) is 0 Å². The van der Waals surface area contributed by atoms with Crippen LogP contribution < -0.4 is 97.5 Å². The number of nitrogen functional groups attached to an aromatic ring is 6. The summed E-state index contributed by atoms with van der Waals surface area (Å²) in [6.45, 7) is -32.3. The van der Waals surface area contributed by atoms with E-state index in [-0.39, 0.29) is 111 Å². The molecular formula is C72H88N28O34P7S7-7. The lowest BCUT2D eigenvalue weighted by Crippen LogP contribution is -2.34. The van der Waals surface area contributed by atoms with E-state index in [1.165, 1.54) is 76.0 Å². The maximum Gasteiger partial charge on any atom is 0.351 e. The van der Waals surface area contributed by atoms with Crippen molar-refractivity contribution in [3.05, 3.63) is 136 Å². The average Bonchev–Trinajstić information content (AvgIpc) is 1.62. The van der Waals surface area contributed by atoms with Crippen molar-refractivity contribution in [3.63, 3.8) is 0 Å². The van der Waals surface area contributed by atoms with E-state index in [9.17, 15) is 52.9 Å². The number of ether oxygens (including phenoxy) is 7. The highest BCUT2D eigenvalue weighted by atomic mass is 32.7. The molecule has 18 heterocycles. The van der Waals surface area contributed by atoms with Crippen LogP contribution in [0.4, 0.5) is 35.2 Å². The molecular weight excluding hydrogens is 2240 g/mol. The molecule has 76 heteroatoms. The number of nitrogens with one attached hydrogen (secondary N) is 3. The third kappa shape index (κ3) is 24.8. The summed E-state index contributed by atoms with van der Waals surface area (Å²) >= 11 is 38.2. The number of anilines is 6. The van der Waals surface area contributed by atoms with Crippen molar-refractivity contribution in [2.24, 2.45) is 0 Å². The lowest BCUT2D eigenvalue weighted by atomic mass is 10.1. The van der Waals surface area contributed by atoms with Crippen molar-refractivity contribution in [1.82, 2.24) is 107 Å². The summed E-state index contributed by atoms with van der Waals surface area (Å²) < 4.78 is 150. The molecule has 15 N–H and O–H groups in total. The molecule has 18 rings (SSSR count). The van der Waals surface area contributed by atoms with Crippen molar-refractivity contribution in [3.8, 4) is 0 Å². The zero-order valence-electron chi connectivity index (χ0n) is 77.0. The van der Waals surface area contributed by atoms with Crippen LogP contribution in [0, 0.1) is 20.8 Å². The molecule has 0 radical (unpaired) electrons. The van der Waals surface area contributed by atoms with Gasteiger partial charge in [-0.15, -0.1) is 0 Å². The molecule has 0 aliphatic carbocycles. The smallest absolute Gasteiger partial charge is 0.351 e. The van der Waals surface area contributed by atoms with Gasteiger partial charge in [-0.05, 0) is 27.2 Å². The monoisotopic (exact) mass is 2330 g/mol. The van der Waals surface area contributed by atoms with Crippen molar-refractivity contribution in [2.45, 2.75) is 208 Å². The van der Waals surface area contributed by atoms with Crippen LogP contribution in [0.25, 0.3) is 44.7 Å². The van der Waals surface area contributed by atoms with Gasteiger partial charge in [0.2, 0.25) is 11.9 Å². The minimum Gasteiger partial charge on any atom is -0.780 e. The molecule has 804 valence electrons. The second-order valence-corrected chi connectivity index (χ2v) is 53.3. The number of hydrogen-bond donors (Lipinski definition) is 9. The number of H-pyrrole nitrogens is 3. The van der Waals surface area contributed by atoms with Crippen molar-refractivity contribution >= 4 is 210 Å². The highest BCUT2D eigenvalue weighted by molar-refractivity contribution is 8.32. The van der Waals surface area contributed by atoms with E-state index in [1.807, 2.05) is 0 Å². The zero-order chi connectivity index (χ0) is 106. The number of nitrogens with zero attached hydrogens (tertiary/aromatic N) is 19. The standard InChI is InChI=1S/C72H95N28O34P7S7/c1-6-32-33(7-51(121-32)99-27-85-55-63(99)89-68(77)91-66(55)102)129-136(108,143)115-18-41-35(8-46(122-41)94-14-29(2)57(73)87-70(94)104)130-138(110,145)117-19-42-36(9-47(123-42)95-15-30(3)58(74)88-71(95)105)131-139(111,146)119-21-44-38(12-50(126-44)98-26-84-54-60(76)80-24-82-62(54)98)133-141(113,148)120-22-45-39(13-52(127-45)100-28-86-56-64(100)90-69(78)92-67(56)103)134-140(112,147)118-20-43-37(10-48(124-43)96-16-31(4)65(101)93-72(96)106)132-137(109,144)116-17-40-34(128-135(107,142)114-5)11-49(125-40)97-25-83-53-59(75)79-23-81-61(53)97/h14-16,23-28,32-52H,6-13,17-22H2,1-5H3,(H,107,142)(H,108,143)(H,109,144)(H,110,145)(H,111,146)(H,112,147)(H,113,148)(H2,73,87,104)(H2,74,88,105)(H2,75,79,81)(H2,76,80,82)(H,93,101,106)(H3,77,89,91,102)(H3,78,90,92,103)/p-7/t32-,33?,34?,35?,36?,37?,38?,39?,40-,41-,42-,43-,44-,45-,46-,47-,48-,49-,50-,51-,52-,135?,136?,137?,138?,139?,140?,141?/m1/s1. The fourth-order valence-electron chi connectivity index (χ4n) is 17.4. The van der Waals surface area contributed by atoms with Gasteiger partial charge in [0.25, 0.3) is 16.7 Å². The first-order chi connectivity index (χ1) is 69.9. The molecule has 7 saturated heterocycles. The van der Waals surface area contributed by atoms with Gasteiger partial charge in [0, 0.05) is 87.3 Å². The molecule has 7 aliphatic heterocycles. The number of imidazole rings is 4. The third-order valence-electron chi connectivity index (χ3n) is 24.5. The normalized spacial score (nSPS) is 29.3. The maximum absolute atomic E-state index is 15.1. The molecule has 14 unspecified atom stereocenters. The molecule has 0 amide bonds. The van der Waals surface area contributed by atoms with Crippen molar-refractivity contribution in [1.29, 1.82) is 0 Å². The molecule has 28 atom stereocenters. The van der Waals surface area contributed by atoms with Crippen LogP contribution in [0.5, 0.6) is 0 Å². The minimum atomic E-state index is -5.03. The van der Waals surface area contributed by atoms with Crippen molar-refractivity contribution < 1.29 is 130 Å². The number of aryl methyl sites for hydroxylation is 3. The molecule has 148 heavy (non-hydrogen) atoms. The molecule has 0 spiro atoms. The lowest BCUT2D eigenvalue weighted by Gasteiger charge is -2.36. The third-order valence-corrected chi connectivity index (χ3v) is 35.6. The first kappa shape index (κ1) is 110. The van der Waals surface area contributed by atoms with Gasteiger partial charge in [-0.3, -0.25) is 65.9 Å². The fraction of sp³-hybridized carbons (Fsp3) is 0.556. The Morgan fingerprint density at radius 1 is 0.358 bits per heavy atom. The van der Waals surface area contributed by atoms with Crippen molar-refractivity contribution in [2.75, 3.05) is 81.2 Å². The number of aromatic nitrogens is 22. The summed E-state index contributed by atoms with van der Waals surface area (Å²) in [5, 5.41) is 0. The summed E-state index contributed by atoms with van der Waals surface area (Å²) in [4.78, 5) is 223. The Morgan fingerprint density at radius 3 is 0.980 bits per heavy atom. The van der Waals surface area contributed by atoms with E-state index >= 15 is 9.79 Å². The van der Waals surface area contributed by atoms with Crippen LogP contribution >= 0.6 is 47.1 Å². The number of hydrogen-bond acceptors (Lipinski definition) is 59. The number of aromatic amines is 3. The van der Waals surface area contributed by atoms with Gasteiger partial charge in [0.15, 0.2) is 52.1 Å². The Labute approximate surface area is 866 Å². The fourth-order valence-corrected chi connectivity index (χ4v) is 27.1. The summed E-state index contributed by atoms with van der Waals surface area (Å²) in [5.41, 5.74) is 32.2. The number of nitrogens with two attached hydrogens (primary N) is 6. The molecule has 62 nitrogen and oxygen atoms in total. The van der Waals surface area contributed by atoms with E-state index in [0.29, 0.717) is 17.5 Å². The van der Waals surface area contributed by atoms with Gasteiger partial charge in [0.05, 0.1) is 114 Å².